The molecule has 0 radical (unpaired) electrons. The summed E-state index contributed by atoms with van der Waals surface area (Å²) < 4.78 is 45.2. The lowest BCUT2D eigenvalue weighted by Crippen LogP contribution is -2.78. The predicted molar refractivity (Wildman–Crippen MR) is 142 cm³/mol. The third-order valence-electron chi connectivity index (χ3n) is 10.2. The minimum Gasteiger partial charge on any atom is -0.504 e. The molecule has 2 saturated carbocycles. The Balaban J connectivity index is 1.19. The second-order valence-electron chi connectivity index (χ2n) is 12.3. The van der Waals surface area contributed by atoms with Crippen molar-refractivity contribution in [2.75, 3.05) is 20.1 Å². The van der Waals surface area contributed by atoms with Crippen LogP contribution in [0.15, 0.2) is 42.5 Å². The summed E-state index contributed by atoms with van der Waals surface area (Å²) in [7, 11) is 1.71. The van der Waals surface area contributed by atoms with Crippen molar-refractivity contribution >= 4 is 12.0 Å². The van der Waals surface area contributed by atoms with E-state index in [2.05, 4.69) is 4.90 Å². The van der Waals surface area contributed by atoms with E-state index >= 15 is 0 Å². The van der Waals surface area contributed by atoms with Gasteiger partial charge in [0, 0.05) is 31.3 Å². The van der Waals surface area contributed by atoms with E-state index in [4.69, 9.17) is 4.74 Å². The summed E-state index contributed by atoms with van der Waals surface area (Å²) in [5.41, 5.74) is -0.00276. The molecule has 2 aromatic rings. The number of amides is 1. The smallest absolute Gasteiger partial charge is 0.416 e. The van der Waals surface area contributed by atoms with Crippen LogP contribution >= 0.6 is 0 Å². The van der Waals surface area contributed by atoms with Gasteiger partial charge in [0.25, 0.3) is 0 Å². The third kappa shape index (κ3) is 3.66. The van der Waals surface area contributed by atoms with Crippen LogP contribution in [0.25, 0.3) is 6.08 Å². The average molecular weight is 555 g/mol. The monoisotopic (exact) mass is 554 g/mol. The fourth-order valence-corrected chi connectivity index (χ4v) is 8.08. The minimum absolute atomic E-state index is 0.0440. The minimum atomic E-state index is -4.42. The predicted octanol–water partition coefficient (Wildman–Crippen LogP) is 4.52. The van der Waals surface area contributed by atoms with Gasteiger partial charge in [-0.15, -0.1) is 0 Å². The van der Waals surface area contributed by atoms with E-state index in [9.17, 15) is 28.2 Å². The molecular formula is C31H33F3N2O4. The van der Waals surface area contributed by atoms with Gasteiger partial charge in [-0.05, 0) is 86.4 Å². The number of alkyl halides is 3. The largest absolute Gasteiger partial charge is 0.504 e. The molecule has 9 heteroatoms. The Morgan fingerprint density at radius 2 is 1.90 bits per heavy atom. The van der Waals surface area contributed by atoms with E-state index in [1.165, 1.54) is 37.1 Å². The number of benzene rings is 2. The summed E-state index contributed by atoms with van der Waals surface area (Å²) in [4.78, 5) is 17.4. The van der Waals surface area contributed by atoms with E-state index in [-0.39, 0.29) is 23.7 Å². The number of aliphatic hydroxyl groups is 1. The molecule has 1 spiro atoms. The molecular weight excluding hydrogens is 521 g/mol. The average Bonchev–Trinajstić information content (AvgIpc) is 3.67. The Labute approximate surface area is 231 Å². The molecule has 5 atom stereocenters. The van der Waals surface area contributed by atoms with Gasteiger partial charge in [-0.1, -0.05) is 18.2 Å². The fraction of sp³-hybridized carbons (Fsp3) is 0.516. The van der Waals surface area contributed by atoms with Crippen molar-refractivity contribution < 1.29 is 32.9 Å². The van der Waals surface area contributed by atoms with Crippen molar-refractivity contribution in [3.63, 3.8) is 0 Å². The van der Waals surface area contributed by atoms with Gasteiger partial charge >= 0.3 is 6.18 Å². The van der Waals surface area contributed by atoms with Crippen LogP contribution in [0.5, 0.6) is 11.5 Å². The highest BCUT2D eigenvalue weighted by molar-refractivity contribution is 5.92. The number of hydrogen-bond donors (Lipinski definition) is 2. The Morgan fingerprint density at radius 1 is 1.15 bits per heavy atom. The van der Waals surface area contributed by atoms with Gasteiger partial charge in [0.15, 0.2) is 11.5 Å². The number of nitrogens with zero attached hydrogens (tertiary/aromatic N) is 2. The van der Waals surface area contributed by atoms with Crippen molar-refractivity contribution in [1.82, 2.24) is 9.80 Å². The van der Waals surface area contributed by atoms with Crippen molar-refractivity contribution in [2.45, 2.75) is 73.9 Å². The maximum absolute atomic E-state index is 13.3. The fourth-order valence-electron chi connectivity index (χ4n) is 8.08. The van der Waals surface area contributed by atoms with Gasteiger partial charge in [-0.3, -0.25) is 9.69 Å². The SMILES string of the molecule is CN(C(=O)/C=C/c1ccc(C(F)(F)F)cc1)[C@@H]1CC[C@@]2(O)[C@H]3Cc4ccc(O)c5c4[C@@]2(CCN3CC2CC2)[C@H]1O5. The van der Waals surface area contributed by atoms with Gasteiger partial charge < -0.3 is 19.8 Å². The topological polar surface area (TPSA) is 73.2 Å². The Morgan fingerprint density at radius 3 is 2.60 bits per heavy atom. The van der Waals surface area contributed by atoms with Crippen LogP contribution in [0, 0.1) is 5.92 Å². The number of phenolic OH excluding ortho intramolecular Hbond substituents is 1. The number of likely N-dealkylation sites (tertiary alicyclic amines) is 1. The van der Waals surface area contributed by atoms with E-state index < -0.39 is 28.9 Å². The molecule has 2 heterocycles. The number of carbonyl (C=O) groups is 1. The van der Waals surface area contributed by atoms with Crippen molar-refractivity contribution in [3.8, 4) is 11.5 Å². The second kappa shape index (κ2) is 8.73. The van der Waals surface area contributed by atoms with Gasteiger partial charge in [-0.2, -0.15) is 13.2 Å². The van der Waals surface area contributed by atoms with Gasteiger partial charge in [-0.25, -0.2) is 0 Å². The van der Waals surface area contributed by atoms with Crippen LogP contribution in [0.1, 0.15) is 54.4 Å². The lowest BCUT2D eigenvalue weighted by molar-refractivity contribution is -0.200. The molecule has 2 aliphatic heterocycles. The highest BCUT2D eigenvalue weighted by Gasteiger charge is 2.73. The molecule has 1 saturated heterocycles. The number of carbonyl (C=O) groups excluding carboxylic acids is 1. The van der Waals surface area contributed by atoms with Crippen LogP contribution in [0.4, 0.5) is 13.2 Å². The number of piperidine rings is 1. The van der Waals surface area contributed by atoms with Crippen molar-refractivity contribution in [2.24, 2.45) is 5.92 Å². The molecule has 7 rings (SSSR count). The van der Waals surface area contributed by atoms with Crippen LogP contribution in [-0.4, -0.2) is 69.8 Å². The quantitative estimate of drug-likeness (QED) is 0.532. The van der Waals surface area contributed by atoms with Gasteiger partial charge in [0.1, 0.15) is 6.10 Å². The molecule has 2 aromatic carbocycles. The molecule has 2 bridgehead atoms. The number of likely N-dealkylation sites (N-methyl/N-ethyl adjacent to an activating group) is 1. The van der Waals surface area contributed by atoms with E-state index in [0.717, 1.165) is 36.3 Å². The van der Waals surface area contributed by atoms with E-state index in [0.29, 0.717) is 42.9 Å². The van der Waals surface area contributed by atoms with Crippen LogP contribution < -0.4 is 4.74 Å². The maximum Gasteiger partial charge on any atom is 0.416 e. The summed E-state index contributed by atoms with van der Waals surface area (Å²) in [6, 6.07) is 7.91. The number of rotatable bonds is 5. The number of halogens is 3. The summed E-state index contributed by atoms with van der Waals surface area (Å²) in [6.45, 7) is 1.82. The molecule has 6 nitrogen and oxygen atoms in total. The summed E-state index contributed by atoms with van der Waals surface area (Å²) >= 11 is 0. The Bertz CT molecular complexity index is 1390. The molecule has 2 N–H and O–H groups in total. The third-order valence-corrected chi connectivity index (χ3v) is 10.2. The zero-order valence-corrected chi connectivity index (χ0v) is 22.3. The zero-order valence-electron chi connectivity index (χ0n) is 22.3. The standard InChI is InChI=1S/C31H33F3N2O4/c1-35(25(38)11-6-18-4-8-21(9-5-18)31(32,33)34)22-12-13-30(39)24-16-20-7-10-23(37)27-26(20)29(30,28(22)40-27)14-15-36(24)17-19-2-3-19/h4-11,19,22,24,28,37,39H,2-3,12-17H2,1H3/b11-6+/t22-,24-,28+,29+,30-/m1/s1. The van der Waals surface area contributed by atoms with Crippen molar-refractivity contribution in [1.29, 1.82) is 0 Å². The van der Waals surface area contributed by atoms with E-state index in [1.54, 1.807) is 18.0 Å². The van der Waals surface area contributed by atoms with Gasteiger partial charge in [0.05, 0.1) is 22.6 Å². The first-order chi connectivity index (χ1) is 19.0. The van der Waals surface area contributed by atoms with Crippen LogP contribution in [-0.2, 0) is 22.8 Å². The molecule has 212 valence electrons. The molecule has 3 aliphatic carbocycles. The summed E-state index contributed by atoms with van der Waals surface area (Å²) in [6.07, 6.45) is 2.86. The number of ether oxygens (including phenoxy) is 1. The van der Waals surface area contributed by atoms with Crippen LogP contribution in [0.2, 0.25) is 0 Å². The molecule has 5 aliphatic rings. The molecule has 1 amide bonds. The first-order valence-electron chi connectivity index (χ1n) is 14.1. The summed E-state index contributed by atoms with van der Waals surface area (Å²) in [5, 5.41) is 23.4. The highest BCUT2D eigenvalue weighted by atomic mass is 19.4. The Hall–Kier alpha value is -3.04. The molecule has 3 fully saturated rings. The van der Waals surface area contributed by atoms with Crippen LogP contribution in [0.3, 0.4) is 0 Å². The number of hydrogen-bond acceptors (Lipinski definition) is 5. The van der Waals surface area contributed by atoms with Gasteiger partial charge in [0.2, 0.25) is 5.91 Å². The number of phenols is 1. The number of aromatic hydroxyl groups is 1. The lowest BCUT2D eigenvalue weighted by atomic mass is 9.48. The highest BCUT2D eigenvalue weighted by Crippen LogP contribution is 2.66. The normalized spacial score (nSPS) is 32.6. The first-order valence-corrected chi connectivity index (χ1v) is 14.1. The Kier molecular flexibility index (Phi) is 5.65. The second-order valence-corrected chi connectivity index (χ2v) is 12.3. The zero-order chi connectivity index (χ0) is 28.0. The molecule has 0 unspecified atom stereocenters. The first kappa shape index (κ1) is 25.9. The van der Waals surface area contributed by atoms with E-state index in [1.807, 2.05) is 6.07 Å². The molecule has 0 aromatic heterocycles. The molecule has 40 heavy (non-hydrogen) atoms. The lowest BCUT2D eigenvalue weighted by Gasteiger charge is -2.64. The van der Waals surface area contributed by atoms with Crippen molar-refractivity contribution in [3.05, 3.63) is 64.7 Å². The summed E-state index contributed by atoms with van der Waals surface area (Å²) in [5.74, 6) is 0.887. The maximum atomic E-state index is 13.3.